The Kier molecular flexibility index (Phi) is 28.9. The van der Waals surface area contributed by atoms with E-state index in [1.807, 2.05) is 5.32 Å². The number of hydrogen-bond donors (Lipinski definition) is 19. The number of carboxylic acids is 1. The van der Waals surface area contributed by atoms with Crippen molar-refractivity contribution in [2.75, 3.05) is 46.0 Å². The lowest BCUT2D eigenvalue weighted by Gasteiger charge is -2.28. The molecule has 0 spiro atoms. The van der Waals surface area contributed by atoms with Gasteiger partial charge in [-0.2, -0.15) is 0 Å². The molecule has 452 valence electrons. The molecular weight excluding hydrogens is 1070 g/mol. The number of benzene rings is 1. The summed E-state index contributed by atoms with van der Waals surface area (Å²) in [5.74, 6) is -13.0. The number of aliphatic imine (C=N–C) groups is 1. The highest BCUT2D eigenvalue weighted by atomic mass is 16.4. The van der Waals surface area contributed by atoms with E-state index < -0.39 is 176 Å². The number of hydrogen-bond acceptors (Lipinski definition) is 19. The second kappa shape index (κ2) is 34.0. The predicted octanol–water partition coefficient (Wildman–Crippen LogP) is -9.44. The van der Waals surface area contributed by atoms with Crippen molar-refractivity contribution in [1.82, 2.24) is 58.1 Å². The standard InChI is InChI=1S/C48H77N15O18/c1-22(2)36(61-35(70)18-53-34(69)17-54-43(76)33-9-7-15-63(33)46(79)28(49)19-64)44(77)58-30(16-26-10-12-27(68)13-11-26)40(73)55-23(3)38(71)62-37(25(5)67)45(78)57-29(8-6-14-52-48(50)51)39(72)59-32(21-66)42(75)60-31(20-65)41(74)56-24(4)47(80)81/h10-13,22-25,28-33,36-37,64-68H,6-9,14-21,49H2,1-5H3,(H,53,69)(H,54,76)(H,55,73)(H,56,74)(H,57,78)(H,58,77)(H,59,72)(H,60,75)(H,61,70)(H,62,71)(H,80,81)(H4,50,51,52)/t23-,24-,25+,28-,29-,30-,31-,32-,33-,36-,37-/m0/s1. The number of carboxylic acid groups (broad SMARTS) is 1. The van der Waals surface area contributed by atoms with Crippen molar-refractivity contribution >= 4 is 76.9 Å². The molecule has 1 aliphatic heterocycles. The number of guanidine groups is 1. The van der Waals surface area contributed by atoms with E-state index in [4.69, 9.17) is 22.3 Å². The molecule has 11 atom stereocenters. The van der Waals surface area contributed by atoms with E-state index in [0.717, 1.165) is 13.8 Å². The minimum Gasteiger partial charge on any atom is -0.508 e. The van der Waals surface area contributed by atoms with Crippen molar-refractivity contribution in [3.63, 3.8) is 0 Å². The van der Waals surface area contributed by atoms with E-state index in [0.29, 0.717) is 12.0 Å². The molecule has 1 saturated heterocycles. The van der Waals surface area contributed by atoms with Crippen molar-refractivity contribution in [3.05, 3.63) is 29.8 Å². The highest BCUT2D eigenvalue weighted by Gasteiger charge is 2.38. The number of likely N-dealkylation sites (tertiary alicyclic amines) is 1. The van der Waals surface area contributed by atoms with Crippen LogP contribution in [0.2, 0.25) is 0 Å². The fraction of sp³-hybridized carbons (Fsp3) is 0.604. The van der Waals surface area contributed by atoms with Crippen LogP contribution in [0.5, 0.6) is 5.75 Å². The van der Waals surface area contributed by atoms with E-state index in [9.17, 15) is 83.1 Å². The molecule has 81 heavy (non-hydrogen) atoms. The van der Waals surface area contributed by atoms with E-state index in [1.165, 1.54) is 36.1 Å². The summed E-state index contributed by atoms with van der Waals surface area (Å²) in [6.07, 6.45) is -1.43. The van der Waals surface area contributed by atoms with Gasteiger partial charge in [-0.15, -0.1) is 0 Å². The summed E-state index contributed by atoms with van der Waals surface area (Å²) in [7, 11) is 0. The quantitative estimate of drug-likeness (QED) is 0.0177. The second-order valence-electron chi connectivity index (χ2n) is 19.2. The van der Waals surface area contributed by atoms with Crippen LogP contribution < -0.4 is 70.4 Å². The third kappa shape index (κ3) is 23.2. The van der Waals surface area contributed by atoms with Gasteiger partial charge in [-0.05, 0) is 70.1 Å². The average Bonchev–Trinajstić information content (AvgIpc) is 3.96. The SMILES string of the molecule is CC(C)[C@H](NC(=O)CNC(=O)CNC(=O)[C@@H]1CCCN1C(=O)[C@@H](N)CO)C(=O)N[C@@H](Cc1ccc(O)cc1)C(=O)N[C@@H](C)C(=O)N[C@H](C(=O)N[C@@H](CCCN=C(N)N)C(=O)N[C@@H](CO)C(=O)N[C@@H](CO)C(=O)N[C@@H](C)C(=O)O)[C@@H](C)O. The van der Waals surface area contributed by atoms with E-state index >= 15 is 0 Å². The molecule has 1 fully saturated rings. The Morgan fingerprint density at radius 3 is 1.69 bits per heavy atom. The Bertz CT molecular complexity index is 2410. The van der Waals surface area contributed by atoms with Crippen LogP contribution in [-0.4, -0.2) is 225 Å². The molecule has 33 heteroatoms. The number of phenolic OH excluding ortho intramolecular Hbond substituents is 1. The molecule has 1 aromatic carbocycles. The summed E-state index contributed by atoms with van der Waals surface area (Å²) in [6.45, 7) is 2.70. The summed E-state index contributed by atoms with van der Waals surface area (Å²) in [5.41, 5.74) is 16.8. The maximum Gasteiger partial charge on any atom is 0.325 e. The van der Waals surface area contributed by atoms with Crippen LogP contribution in [0.15, 0.2) is 29.3 Å². The Morgan fingerprint density at radius 1 is 0.630 bits per heavy atom. The monoisotopic (exact) mass is 1150 g/mol. The van der Waals surface area contributed by atoms with Gasteiger partial charge in [0.25, 0.3) is 0 Å². The highest BCUT2D eigenvalue weighted by molar-refractivity contribution is 5.99. The minimum absolute atomic E-state index is 0.000869. The minimum atomic E-state index is -1.84. The van der Waals surface area contributed by atoms with Crippen molar-refractivity contribution in [2.24, 2.45) is 28.1 Å². The Morgan fingerprint density at radius 2 is 1.15 bits per heavy atom. The number of rotatable bonds is 33. The summed E-state index contributed by atoms with van der Waals surface area (Å²) >= 11 is 0. The van der Waals surface area contributed by atoms with Crippen LogP contribution in [-0.2, 0) is 64.0 Å². The summed E-state index contributed by atoms with van der Waals surface area (Å²) in [6, 6.07) is -9.42. The lowest BCUT2D eigenvalue weighted by molar-refractivity contribution is -0.142. The number of aliphatic hydroxyl groups excluding tert-OH is 4. The zero-order chi connectivity index (χ0) is 61.3. The van der Waals surface area contributed by atoms with E-state index in [1.54, 1.807) is 13.8 Å². The van der Waals surface area contributed by atoms with Crippen LogP contribution in [0.25, 0.3) is 0 Å². The summed E-state index contributed by atoms with van der Waals surface area (Å²) < 4.78 is 0. The molecule has 1 aliphatic rings. The first kappa shape index (κ1) is 68.8. The highest BCUT2D eigenvalue weighted by Crippen LogP contribution is 2.18. The average molecular weight is 1150 g/mol. The molecule has 1 aromatic rings. The number of amides is 11. The van der Waals surface area contributed by atoms with Crippen LogP contribution in [0.3, 0.4) is 0 Å². The first-order valence-corrected chi connectivity index (χ1v) is 25.6. The van der Waals surface area contributed by atoms with Gasteiger partial charge in [0.15, 0.2) is 5.96 Å². The van der Waals surface area contributed by atoms with Gasteiger partial charge in [0.2, 0.25) is 65.0 Å². The second-order valence-corrected chi connectivity index (χ2v) is 19.2. The van der Waals surface area contributed by atoms with E-state index in [2.05, 4.69) is 52.8 Å². The molecule has 2 rings (SSSR count). The van der Waals surface area contributed by atoms with Crippen LogP contribution in [0.4, 0.5) is 0 Å². The number of nitrogens with zero attached hydrogens (tertiary/aromatic N) is 2. The largest absolute Gasteiger partial charge is 0.508 e. The molecule has 0 unspecified atom stereocenters. The molecule has 33 nitrogen and oxygen atoms in total. The number of nitrogens with one attached hydrogen (secondary N) is 10. The number of aromatic hydroxyl groups is 1. The van der Waals surface area contributed by atoms with Gasteiger partial charge in [-0.25, -0.2) is 0 Å². The zero-order valence-corrected chi connectivity index (χ0v) is 45.4. The van der Waals surface area contributed by atoms with Gasteiger partial charge in [-0.1, -0.05) is 26.0 Å². The van der Waals surface area contributed by atoms with Gasteiger partial charge in [0.1, 0.15) is 66.2 Å². The first-order valence-electron chi connectivity index (χ1n) is 25.6. The van der Waals surface area contributed by atoms with Crippen LogP contribution >= 0.6 is 0 Å². The smallest absolute Gasteiger partial charge is 0.325 e. The van der Waals surface area contributed by atoms with Crippen LogP contribution in [0, 0.1) is 5.92 Å². The number of phenols is 1. The summed E-state index contributed by atoms with van der Waals surface area (Å²) in [5, 5.41) is 81.7. The Hall–Kier alpha value is -8.27. The first-order chi connectivity index (χ1) is 38.0. The fourth-order valence-corrected chi connectivity index (χ4v) is 7.62. The van der Waals surface area contributed by atoms with Crippen LogP contribution in [0.1, 0.15) is 65.9 Å². The third-order valence-electron chi connectivity index (χ3n) is 12.2. The van der Waals surface area contributed by atoms with E-state index in [-0.39, 0.29) is 50.5 Å². The van der Waals surface area contributed by atoms with Gasteiger partial charge in [0.05, 0.1) is 39.0 Å². The molecular formula is C48H77N15O18. The molecule has 0 bridgehead atoms. The zero-order valence-electron chi connectivity index (χ0n) is 45.4. The molecule has 1 heterocycles. The van der Waals surface area contributed by atoms with Crippen molar-refractivity contribution in [1.29, 1.82) is 0 Å². The third-order valence-corrected chi connectivity index (χ3v) is 12.2. The van der Waals surface area contributed by atoms with Crippen molar-refractivity contribution < 1.29 is 88.2 Å². The number of aliphatic hydroxyl groups is 4. The number of carbonyl (C=O) groups excluding carboxylic acids is 11. The predicted molar refractivity (Wildman–Crippen MR) is 283 cm³/mol. The molecule has 0 aliphatic carbocycles. The lowest BCUT2D eigenvalue weighted by atomic mass is 10.0. The van der Waals surface area contributed by atoms with Gasteiger partial charge < -0.3 is 106 Å². The lowest BCUT2D eigenvalue weighted by Crippen LogP contribution is -2.62. The molecule has 22 N–H and O–H groups in total. The topological polar surface area (TPSA) is 540 Å². The normalized spacial score (nSPS) is 16.6. The fourth-order valence-electron chi connectivity index (χ4n) is 7.62. The van der Waals surface area contributed by atoms with Crippen molar-refractivity contribution in [3.8, 4) is 5.75 Å². The molecule has 0 radical (unpaired) electrons. The number of carbonyl (C=O) groups is 12. The Labute approximate surface area is 465 Å². The molecule has 0 aromatic heterocycles. The number of aliphatic carboxylic acids is 1. The maximum atomic E-state index is 14.0. The van der Waals surface area contributed by atoms with Gasteiger partial charge in [0, 0.05) is 19.5 Å². The van der Waals surface area contributed by atoms with Gasteiger partial charge in [-0.3, -0.25) is 62.5 Å². The summed E-state index contributed by atoms with van der Waals surface area (Å²) in [4.78, 5) is 162. The van der Waals surface area contributed by atoms with Crippen molar-refractivity contribution in [2.45, 2.75) is 133 Å². The maximum absolute atomic E-state index is 14.0. The van der Waals surface area contributed by atoms with Gasteiger partial charge >= 0.3 is 5.97 Å². The molecule has 11 amide bonds. The Balaban J connectivity index is 2.21. The molecule has 0 saturated carbocycles. The number of nitrogens with two attached hydrogens (primary N) is 3.